The van der Waals surface area contributed by atoms with E-state index in [-0.39, 0.29) is 5.69 Å². The topological polar surface area (TPSA) is 107 Å². The minimum absolute atomic E-state index is 0.157. The predicted molar refractivity (Wildman–Crippen MR) is 92.2 cm³/mol. The molecule has 0 saturated carbocycles. The molecule has 2 heterocycles. The Kier molecular flexibility index (Phi) is 4.88. The molecule has 1 aromatic carbocycles. The fraction of sp³-hybridized carbons (Fsp3) is 0.0769. The zero-order valence-electron chi connectivity index (χ0n) is 12.1. The molecule has 0 aliphatic heterocycles. The van der Waals surface area contributed by atoms with Crippen LogP contribution in [0.25, 0.3) is 0 Å². The van der Waals surface area contributed by atoms with Gasteiger partial charge in [0.2, 0.25) is 5.13 Å². The molecule has 0 atom stereocenters. The standard InChI is InChI=1S/C13H9ClN6O2S2/c1-7-9(14)3-2-4-10(7)17-12-18-19-13(24-12)23-11-15-5-8(6-16-11)20(21)22/h2-6H,1H3,(H,17,18). The van der Waals surface area contributed by atoms with Gasteiger partial charge >= 0.3 is 5.69 Å². The average molecular weight is 381 g/mol. The highest BCUT2D eigenvalue weighted by atomic mass is 35.5. The van der Waals surface area contributed by atoms with Gasteiger partial charge in [0.1, 0.15) is 12.4 Å². The van der Waals surface area contributed by atoms with E-state index in [0.29, 0.717) is 19.7 Å². The Labute approximate surface area is 149 Å². The third-order valence-electron chi connectivity index (χ3n) is 2.92. The first-order chi connectivity index (χ1) is 11.5. The van der Waals surface area contributed by atoms with E-state index in [4.69, 9.17) is 11.6 Å². The molecule has 0 spiro atoms. The molecule has 11 heteroatoms. The Bertz CT molecular complexity index is 886. The van der Waals surface area contributed by atoms with Crippen LogP contribution in [0.5, 0.6) is 0 Å². The highest BCUT2D eigenvalue weighted by Gasteiger charge is 2.12. The van der Waals surface area contributed by atoms with Crippen LogP contribution >= 0.6 is 34.7 Å². The SMILES string of the molecule is Cc1c(Cl)cccc1Nc1nnc(Sc2ncc([N+](=O)[O-])cn2)s1. The summed E-state index contributed by atoms with van der Waals surface area (Å²) in [6, 6.07) is 5.56. The summed E-state index contributed by atoms with van der Waals surface area (Å²) in [5, 5.41) is 23.5. The number of benzene rings is 1. The van der Waals surface area contributed by atoms with Gasteiger partial charge in [-0.25, -0.2) is 9.97 Å². The molecule has 0 aliphatic carbocycles. The lowest BCUT2D eigenvalue weighted by molar-refractivity contribution is -0.385. The quantitative estimate of drug-likeness (QED) is 0.400. The highest BCUT2D eigenvalue weighted by Crippen LogP contribution is 2.32. The molecule has 24 heavy (non-hydrogen) atoms. The van der Waals surface area contributed by atoms with E-state index in [2.05, 4.69) is 25.5 Å². The number of nitrogens with one attached hydrogen (secondary N) is 1. The van der Waals surface area contributed by atoms with Crippen LogP contribution in [0.2, 0.25) is 5.02 Å². The van der Waals surface area contributed by atoms with Gasteiger partial charge in [0.15, 0.2) is 9.50 Å². The van der Waals surface area contributed by atoms with E-state index in [0.717, 1.165) is 23.6 Å². The largest absolute Gasteiger partial charge is 0.330 e. The summed E-state index contributed by atoms with van der Waals surface area (Å²) in [5.41, 5.74) is 1.61. The number of nitrogens with zero attached hydrogens (tertiary/aromatic N) is 5. The summed E-state index contributed by atoms with van der Waals surface area (Å²) in [5.74, 6) is 0. The molecule has 8 nitrogen and oxygen atoms in total. The summed E-state index contributed by atoms with van der Waals surface area (Å²) in [7, 11) is 0. The molecule has 0 fully saturated rings. The lowest BCUT2D eigenvalue weighted by atomic mass is 10.2. The summed E-state index contributed by atoms with van der Waals surface area (Å²) < 4.78 is 0.617. The second-order valence-corrected chi connectivity index (χ2v) is 7.09. The monoisotopic (exact) mass is 380 g/mol. The van der Waals surface area contributed by atoms with Gasteiger partial charge in [0, 0.05) is 10.7 Å². The molecule has 0 saturated heterocycles. The van der Waals surface area contributed by atoms with Crippen LogP contribution in [0.3, 0.4) is 0 Å². The molecule has 0 radical (unpaired) electrons. The van der Waals surface area contributed by atoms with E-state index in [1.54, 1.807) is 0 Å². The molecule has 0 aliphatic rings. The Balaban J connectivity index is 1.71. The highest BCUT2D eigenvalue weighted by molar-refractivity contribution is 8.00. The van der Waals surface area contributed by atoms with Crippen LogP contribution in [-0.4, -0.2) is 25.1 Å². The Morgan fingerprint density at radius 3 is 2.75 bits per heavy atom. The predicted octanol–water partition coefficient (Wildman–Crippen LogP) is 4.09. The van der Waals surface area contributed by atoms with Gasteiger partial charge in [-0.1, -0.05) is 29.0 Å². The normalized spacial score (nSPS) is 10.6. The van der Waals surface area contributed by atoms with E-state index in [9.17, 15) is 10.1 Å². The maximum absolute atomic E-state index is 10.6. The molecule has 0 unspecified atom stereocenters. The van der Waals surface area contributed by atoms with Gasteiger partial charge in [-0.3, -0.25) is 10.1 Å². The van der Waals surface area contributed by atoms with Crippen LogP contribution in [0.4, 0.5) is 16.5 Å². The Hall–Kier alpha value is -2.30. The number of anilines is 2. The van der Waals surface area contributed by atoms with Gasteiger partial charge in [0.05, 0.1) is 4.92 Å². The lowest BCUT2D eigenvalue weighted by Gasteiger charge is -2.06. The van der Waals surface area contributed by atoms with Crippen molar-refractivity contribution < 1.29 is 4.92 Å². The molecular weight excluding hydrogens is 372 g/mol. The van der Waals surface area contributed by atoms with Gasteiger partial charge in [-0.15, -0.1) is 10.2 Å². The summed E-state index contributed by atoms with van der Waals surface area (Å²) in [4.78, 5) is 17.9. The van der Waals surface area contributed by atoms with Crippen molar-refractivity contribution in [3.8, 4) is 0 Å². The number of hydrogen-bond donors (Lipinski definition) is 1. The van der Waals surface area contributed by atoms with Crippen molar-refractivity contribution in [2.75, 3.05) is 5.32 Å². The van der Waals surface area contributed by atoms with Crippen molar-refractivity contribution in [2.24, 2.45) is 0 Å². The molecule has 3 aromatic rings. The Morgan fingerprint density at radius 1 is 1.29 bits per heavy atom. The van der Waals surface area contributed by atoms with Crippen molar-refractivity contribution in [3.63, 3.8) is 0 Å². The van der Waals surface area contributed by atoms with E-state index < -0.39 is 4.92 Å². The average Bonchev–Trinajstić information content (AvgIpc) is 2.99. The van der Waals surface area contributed by atoms with Gasteiger partial charge in [-0.05, 0) is 36.4 Å². The lowest BCUT2D eigenvalue weighted by Crippen LogP contribution is -1.92. The van der Waals surface area contributed by atoms with Crippen molar-refractivity contribution >= 4 is 51.2 Å². The molecule has 0 bridgehead atoms. The maximum Gasteiger partial charge on any atom is 0.305 e. The third kappa shape index (κ3) is 3.78. The van der Waals surface area contributed by atoms with E-state index in [1.165, 1.54) is 23.1 Å². The van der Waals surface area contributed by atoms with Crippen LogP contribution in [0, 0.1) is 17.0 Å². The first kappa shape index (κ1) is 16.6. The van der Waals surface area contributed by atoms with Crippen molar-refractivity contribution in [3.05, 3.63) is 51.3 Å². The van der Waals surface area contributed by atoms with Crippen molar-refractivity contribution in [1.82, 2.24) is 20.2 Å². The van der Waals surface area contributed by atoms with Crippen LogP contribution < -0.4 is 5.32 Å². The first-order valence-electron chi connectivity index (χ1n) is 6.53. The fourth-order valence-corrected chi connectivity index (χ4v) is 3.43. The molecule has 1 N–H and O–H groups in total. The maximum atomic E-state index is 10.6. The number of nitro groups is 1. The molecule has 2 aromatic heterocycles. The van der Waals surface area contributed by atoms with E-state index in [1.807, 2.05) is 25.1 Å². The van der Waals surface area contributed by atoms with Gasteiger partial charge in [0.25, 0.3) is 0 Å². The van der Waals surface area contributed by atoms with E-state index >= 15 is 0 Å². The van der Waals surface area contributed by atoms with Crippen molar-refractivity contribution in [1.29, 1.82) is 0 Å². The smallest absolute Gasteiger partial charge is 0.305 e. The third-order valence-corrected chi connectivity index (χ3v) is 5.11. The number of rotatable bonds is 5. The number of aromatic nitrogens is 4. The summed E-state index contributed by atoms with van der Waals surface area (Å²) >= 11 is 8.59. The first-order valence-corrected chi connectivity index (χ1v) is 8.54. The van der Waals surface area contributed by atoms with Gasteiger partial charge in [-0.2, -0.15) is 0 Å². The zero-order valence-corrected chi connectivity index (χ0v) is 14.5. The molecule has 122 valence electrons. The van der Waals surface area contributed by atoms with Crippen LogP contribution in [-0.2, 0) is 0 Å². The Morgan fingerprint density at radius 2 is 2.04 bits per heavy atom. The number of halogens is 1. The van der Waals surface area contributed by atoms with Crippen LogP contribution in [0.15, 0.2) is 40.1 Å². The summed E-state index contributed by atoms with van der Waals surface area (Å²) in [6.07, 6.45) is 2.32. The van der Waals surface area contributed by atoms with Crippen molar-refractivity contribution in [2.45, 2.75) is 16.4 Å². The second-order valence-electron chi connectivity index (χ2n) is 4.49. The molecule has 0 amide bonds. The number of hydrogen-bond acceptors (Lipinski definition) is 9. The summed E-state index contributed by atoms with van der Waals surface area (Å²) in [6.45, 7) is 1.91. The molecule has 3 rings (SSSR count). The zero-order chi connectivity index (χ0) is 17.1. The minimum Gasteiger partial charge on any atom is -0.330 e. The minimum atomic E-state index is -0.547. The molecular formula is C13H9ClN6O2S2. The fourth-order valence-electron chi connectivity index (χ4n) is 1.69. The van der Waals surface area contributed by atoms with Gasteiger partial charge < -0.3 is 5.32 Å². The second kappa shape index (κ2) is 7.07. The van der Waals surface area contributed by atoms with Crippen LogP contribution in [0.1, 0.15) is 5.56 Å².